The summed E-state index contributed by atoms with van der Waals surface area (Å²) in [4.78, 5) is 27.5. The number of fused-ring (bicyclic) bond motifs is 1. The third kappa shape index (κ3) is 3.45. The van der Waals surface area contributed by atoms with Crippen LogP contribution in [0.3, 0.4) is 0 Å². The maximum absolute atomic E-state index is 12.3. The second-order valence-corrected chi connectivity index (χ2v) is 7.14. The minimum atomic E-state index is -0.0558. The van der Waals surface area contributed by atoms with Gasteiger partial charge in [-0.25, -0.2) is 4.79 Å². The number of pyridine rings is 2. The molecule has 0 saturated carbocycles. The minimum Gasteiger partial charge on any atom is -0.336 e. The summed E-state index contributed by atoms with van der Waals surface area (Å²) in [7, 11) is 0. The van der Waals surface area contributed by atoms with Crippen LogP contribution >= 0.6 is 0 Å². The number of carbonyl (C=O) groups is 1. The first-order valence-corrected chi connectivity index (χ1v) is 9.31. The average Bonchev–Trinajstić information content (AvgIpc) is 3.17. The lowest BCUT2D eigenvalue weighted by atomic mass is 9.94. The predicted octanol–water partition coefficient (Wildman–Crippen LogP) is 2.98. The topological polar surface area (TPSA) is 97.0 Å². The van der Waals surface area contributed by atoms with Gasteiger partial charge < -0.3 is 14.7 Å². The first kappa shape index (κ1) is 18.1. The number of urea groups is 1. The van der Waals surface area contributed by atoms with Crippen molar-refractivity contribution < 1.29 is 9.32 Å². The molecule has 28 heavy (non-hydrogen) atoms. The highest BCUT2D eigenvalue weighted by Crippen LogP contribution is 2.31. The highest BCUT2D eigenvalue weighted by atomic mass is 16.5. The van der Waals surface area contributed by atoms with Gasteiger partial charge in [-0.3, -0.25) is 9.97 Å². The van der Waals surface area contributed by atoms with E-state index in [0.29, 0.717) is 36.9 Å². The summed E-state index contributed by atoms with van der Waals surface area (Å²) in [5.41, 5.74) is 4.48. The van der Waals surface area contributed by atoms with Gasteiger partial charge in [0.25, 0.3) is 5.89 Å². The van der Waals surface area contributed by atoms with E-state index in [1.54, 1.807) is 11.1 Å². The van der Waals surface area contributed by atoms with Crippen LogP contribution in [-0.2, 0) is 13.0 Å². The molecule has 4 heterocycles. The molecule has 0 radical (unpaired) electrons. The fourth-order valence-electron chi connectivity index (χ4n) is 3.38. The molecule has 4 rings (SSSR count). The van der Waals surface area contributed by atoms with Crippen molar-refractivity contribution in [1.82, 2.24) is 30.3 Å². The van der Waals surface area contributed by atoms with E-state index in [2.05, 4.69) is 25.4 Å². The molecule has 3 aromatic rings. The van der Waals surface area contributed by atoms with Crippen molar-refractivity contribution in [2.45, 2.75) is 39.8 Å². The Hall–Kier alpha value is -3.29. The Morgan fingerprint density at radius 3 is 2.89 bits per heavy atom. The highest BCUT2D eigenvalue weighted by molar-refractivity contribution is 5.75. The third-order valence-corrected chi connectivity index (χ3v) is 4.69. The molecule has 144 valence electrons. The molecular formula is C20H22N6O2. The van der Waals surface area contributed by atoms with Crippen LogP contribution < -0.4 is 5.32 Å². The van der Waals surface area contributed by atoms with Gasteiger partial charge in [0.1, 0.15) is 5.69 Å². The molecule has 0 spiro atoms. The summed E-state index contributed by atoms with van der Waals surface area (Å²) in [6.45, 7) is 6.98. The van der Waals surface area contributed by atoms with E-state index in [4.69, 9.17) is 4.52 Å². The Morgan fingerprint density at radius 2 is 2.14 bits per heavy atom. The van der Waals surface area contributed by atoms with Gasteiger partial charge in [-0.2, -0.15) is 4.98 Å². The van der Waals surface area contributed by atoms with Gasteiger partial charge in [0, 0.05) is 42.8 Å². The van der Waals surface area contributed by atoms with Crippen molar-refractivity contribution in [3.63, 3.8) is 0 Å². The molecule has 1 N–H and O–H groups in total. The van der Waals surface area contributed by atoms with Crippen LogP contribution in [0.15, 0.2) is 35.1 Å². The zero-order valence-corrected chi connectivity index (χ0v) is 16.1. The number of aryl methyl sites for hydroxylation is 1. The summed E-state index contributed by atoms with van der Waals surface area (Å²) in [6.07, 6.45) is 4.24. The molecule has 0 fully saturated rings. The summed E-state index contributed by atoms with van der Waals surface area (Å²) in [5.74, 6) is 0.879. The van der Waals surface area contributed by atoms with Crippen LogP contribution in [0.4, 0.5) is 4.79 Å². The Labute approximate surface area is 163 Å². The van der Waals surface area contributed by atoms with Crippen molar-refractivity contribution in [2.75, 3.05) is 6.54 Å². The Kier molecular flexibility index (Phi) is 4.77. The monoisotopic (exact) mass is 378 g/mol. The third-order valence-electron chi connectivity index (χ3n) is 4.69. The molecule has 0 atom stereocenters. The number of rotatable bonds is 3. The van der Waals surface area contributed by atoms with Gasteiger partial charge in [-0.15, -0.1) is 0 Å². The smallest absolute Gasteiger partial charge is 0.317 e. The molecule has 0 aromatic carbocycles. The van der Waals surface area contributed by atoms with Crippen molar-refractivity contribution in [3.05, 3.63) is 47.4 Å². The molecule has 0 bridgehead atoms. The van der Waals surface area contributed by atoms with E-state index >= 15 is 0 Å². The second kappa shape index (κ2) is 7.38. The normalized spacial score (nSPS) is 13.5. The van der Waals surface area contributed by atoms with Crippen molar-refractivity contribution in [3.8, 4) is 23.0 Å². The quantitative estimate of drug-likeness (QED) is 0.752. The van der Waals surface area contributed by atoms with Gasteiger partial charge in [0.2, 0.25) is 5.82 Å². The molecule has 1 aliphatic rings. The second-order valence-electron chi connectivity index (χ2n) is 7.14. The van der Waals surface area contributed by atoms with Gasteiger partial charge in [0.05, 0.1) is 0 Å². The molecule has 1 aliphatic heterocycles. The molecule has 8 heteroatoms. The van der Waals surface area contributed by atoms with E-state index in [1.807, 2.05) is 45.2 Å². The van der Waals surface area contributed by atoms with Crippen LogP contribution in [0.5, 0.6) is 0 Å². The number of aromatic nitrogens is 4. The molecule has 3 aromatic heterocycles. The molecule has 0 unspecified atom stereocenters. The number of hydrogen-bond acceptors (Lipinski definition) is 6. The predicted molar refractivity (Wildman–Crippen MR) is 103 cm³/mol. The summed E-state index contributed by atoms with van der Waals surface area (Å²) in [6, 6.07) is 5.59. The zero-order valence-electron chi connectivity index (χ0n) is 16.1. The average molecular weight is 378 g/mol. The first-order chi connectivity index (χ1) is 13.5. The van der Waals surface area contributed by atoms with Crippen molar-refractivity contribution in [2.24, 2.45) is 0 Å². The number of carbonyl (C=O) groups excluding carboxylic acids is 1. The summed E-state index contributed by atoms with van der Waals surface area (Å²) in [5, 5.41) is 7.11. The first-order valence-electron chi connectivity index (χ1n) is 9.31. The van der Waals surface area contributed by atoms with E-state index in [1.165, 1.54) is 0 Å². The fraction of sp³-hybridized carbons (Fsp3) is 0.350. The lowest BCUT2D eigenvalue weighted by Crippen LogP contribution is -2.45. The molecule has 2 amide bonds. The van der Waals surface area contributed by atoms with E-state index in [9.17, 15) is 4.79 Å². The summed E-state index contributed by atoms with van der Waals surface area (Å²) >= 11 is 0. The van der Waals surface area contributed by atoms with Crippen LogP contribution in [0.1, 0.15) is 30.7 Å². The van der Waals surface area contributed by atoms with Gasteiger partial charge >= 0.3 is 6.03 Å². The van der Waals surface area contributed by atoms with Gasteiger partial charge in [-0.05, 0) is 50.5 Å². The Morgan fingerprint density at radius 1 is 1.29 bits per heavy atom. The maximum atomic E-state index is 12.3. The van der Waals surface area contributed by atoms with E-state index in [-0.39, 0.29) is 12.1 Å². The van der Waals surface area contributed by atoms with Crippen LogP contribution in [0.25, 0.3) is 23.0 Å². The number of hydrogen-bond donors (Lipinski definition) is 1. The number of nitrogens with one attached hydrogen (secondary N) is 1. The lowest BCUT2D eigenvalue weighted by molar-refractivity contribution is 0.190. The number of amides is 2. The highest BCUT2D eigenvalue weighted by Gasteiger charge is 2.26. The minimum absolute atomic E-state index is 0.0558. The standard InChI is InChI=1S/C20H22N6O2/c1-12(2)23-20(27)26-9-7-15-14(11-26)10-22-13(3)17(15)18-24-19(28-25-18)16-6-4-5-8-21-16/h4-6,8,10,12H,7,9,11H2,1-3H3,(H,23,27). The van der Waals surface area contributed by atoms with Crippen molar-refractivity contribution in [1.29, 1.82) is 0 Å². The zero-order chi connectivity index (χ0) is 19.7. The SMILES string of the molecule is Cc1ncc2c(c1-c1noc(-c3ccccn3)n1)CCN(C(=O)NC(C)C)C2. The number of nitrogens with zero attached hydrogens (tertiary/aromatic N) is 5. The Bertz CT molecular complexity index is 999. The molecule has 8 nitrogen and oxygen atoms in total. The summed E-state index contributed by atoms with van der Waals surface area (Å²) < 4.78 is 5.43. The van der Waals surface area contributed by atoms with Gasteiger partial charge in [-0.1, -0.05) is 11.2 Å². The van der Waals surface area contributed by atoms with Gasteiger partial charge in [0.15, 0.2) is 0 Å². The lowest BCUT2D eigenvalue weighted by Gasteiger charge is -2.30. The Balaban J connectivity index is 1.66. The van der Waals surface area contributed by atoms with Crippen molar-refractivity contribution >= 4 is 6.03 Å². The van der Waals surface area contributed by atoms with E-state index in [0.717, 1.165) is 22.4 Å². The van der Waals surface area contributed by atoms with E-state index < -0.39 is 0 Å². The van der Waals surface area contributed by atoms with Crippen LogP contribution in [0.2, 0.25) is 0 Å². The molecule has 0 aliphatic carbocycles. The van der Waals surface area contributed by atoms with Crippen LogP contribution in [0, 0.1) is 6.92 Å². The largest absolute Gasteiger partial charge is 0.336 e. The molecule has 0 saturated heterocycles. The van der Waals surface area contributed by atoms with Crippen LogP contribution in [-0.4, -0.2) is 43.6 Å². The molecular weight excluding hydrogens is 356 g/mol. The fourth-order valence-corrected chi connectivity index (χ4v) is 3.38. The maximum Gasteiger partial charge on any atom is 0.317 e.